The van der Waals surface area contributed by atoms with Gasteiger partial charge in [-0.3, -0.25) is 19.8 Å². The molecule has 0 aliphatic carbocycles. The Morgan fingerprint density at radius 1 is 1.14 bits per heavy atom. The number of hydrogen-bond acceptors (Lipinski definition) is 7. The number of hydrogen-bond donors (Lipinski definition) is 1. The molecule has 10 heteroatoms. The molecule has 1 N–H and O–H groups in total. The Kier molecular flexibility index (Phi) is 7.45. The van der Waals surface area contributed by atoms with E-state index in [1.165, 1.54) is 36.0 Å². The van der Waals surface area contributed by atoms with Gasteiger partial charge in [0.1, 0.15) is 12.4 Å². The van der Waals surface area contributed by atoms with Gasteiger partial charge < -0.3 is 9.84 Å². The Morgan fingerprint density at radius 2 is 1.89 bits per heavy atom. The molecular formula is C26H21N3O6S. The maximum Gasteiger partial charge on any atom is 0.335 e. The predicted octanol–water partition coefficient (Wildman–Crippen LogP) is 5.50. The molecule has 3 aromatic carbocycles. The van der Waals surface area contributed by atoms with Crippen molar-refractivity contribution in [1.29, 1.82) is 0 Å². The minimum Gasteiger partial charge on any atom is -0.489 e. The summed E-state index contributed by atoms with van der Waals surface area (Å²) in [6.07, 6.45) is 1.76. The zero-order chi connectivity index (χ0) is 25.7. The van der Waals surface area contributed by atoms with Gasteiger partial charge in [0.15, 0.2) is 5.17 Å². The smallest absolute Gasteiger partial charge is 0.335 e. The first-order chi connectivity index (χ1) is 17.3. The molecule has 0 radical (unpaired) electrons. The number of aliphatic imine (C=N–C) groups is 1. The van der Waals surface area contributed by atoms with E-state index in [0.717, 1.165) is 5.56 Å². The molecule has 0 aromatic heterocycles. The van der Waals surface area contributed by atoms with Gasteiger partial charge in [-0.2, -0.15) is 0 Å². The SMILES string of the molecule is CCN1C(=O)C(=Cc2ccc(OCc3cccc([N+](=O)[O-])c3)cc2)SC1=Nc1cccc(C(=O)O)c1. The summed E-state index contributed by atoms with van der Waals surface area (Å²) in [6, 6.07) is 19.7. The fourth-order valence-electron chi connectivity index (χ4n) is 3.43. The van der Waals surface area contributed by atoms with Crippen molar-refractivity contribution >= 4 is 46.3 Å². The summed E-state index contributed by atoms with van der Waals surface area (Å²) in [5, 5.41) is 20.6. The van der Waals surface area contributed by atoms with E-state index in [1.807, 2.05) is 19.1 Å². The summed E-state index contributed by atoms with van der Waals surface area (Å²) in [7, 11) is 0. The Labute approximate surface area is 210 Å². The third-order valence-electron chi connectivity index (χ3n) is 5.23. The molecule has 0 bridgehead atoms. The van der Waals surface area contributed by atoms with Gasteiger partial charge in [0, 0.05) is 18.7 Å². The van der Waals surface area contributed by atoms with Gasteiger partial charge in [0.25, 0.3) is 11.6 Å². The maximum atomic E-state index is 12.9. The fourth-order valence-corrected chi connectivity index (χ4v) is 4.49. The summed E-state index contributed by atoms with van der Waals surface area (Å²) >= 11 is 1.22. The molecule has 4 rings (SSSR count). The van der Waals surface area contributed by atoms with E-state index in [9.17, 15) is 24.8 Å². The first-order valence-electron chi connectivity index (χ1n) is 10.9. The van der Waals surface area contributed by atoms with Crippen molar-refractivity contribution in [3.8, 4) is 5.75 Å². The van der Waals surface area contributed by atoms with Crippen LogP contribution in [0.25, 0.3) is 6.08 Å². The number of thioether (sulfide) groups is 1. The summed E-state index contributed by atoms with van der Waals surface area (Å²) in [6.45, 7) is 2.45. The maximum absolute atomic E-state index is 12.9. The molecule has 0 atom stereocenters. The molecule has 0 saturated carbocycles. The second-order valence-corrected chi connectivity index (χ2v) is 8.70. The lowest BCUT2D eigenvalue weighted by atomic mass is 10.2. The van der Waals surface area contributed by atoms with E-state index >= 15 is 0 Å². The Morgan fingerprint density at radius 3 is 2.58 bits per heavy atom. The number of ether oxygens (including phenoxy) is 1. The number of amidine groups is 1. The minimum atomic E-state index is -1.04. The zero-order valence-corrected chi connectivity index (χ0v) is 20.0. The summed E-state index contributed by atoms with van der Waals surface area (Å²) < 4.78 is 5.73. The van der Waals surface area contributed by atoms with Crippen LogP contribution in [0.3, 0.4) is 0 Å². The lowest BCUT2D eigenvalue weighted by molar-refractivity contribution is -0.384. The van der Waals surface area contributed by atoms with Crippen LogP contribution >= 0.6 is 11.8 Å². The highest BCUT2D eigenvalue weighted by atomic mass is 32.2. The summed E-state index contributed by atoms with van der Waals surface area (Å²) in [5.74, 6) is -0.635. The second-order valence-electron chi connectivity index (χ2n) is 7.69. The number of nitro groups is 1. The van der Waals surface area contributed by atoms with Crippen molar-refractivity contribution in [2.75, 3.05) is 6.54 Å². The molecule has 0 unspecified atom stereocenters. The number of carboxylic acids is 1. The fraction of sp³-hybridized carbons (Fsp3) is 0.115. The average molecular weight is 504 g/mol. The number of non-ortho nitro benzene ring substituents is 1. The van der Waals surface area contributed by atoms with Gasteiger partial charge in [0.05, 0.1) is 21.1 Å². The van der Waals surface area contributed by atoms with Crippen molar-refractivity contribution in [2.24, 2.45) is 4.99 Å². The molecule has 9 nitrogen and oxygen atoms in total. The van der Waals surface area contributed by atoms with Crippen molar-refractivity contribution < 1.29 is 24.4 Å². The molecule has 36 heavy (non-hydrogen) atoms. The first-order valence-corrected chi connectivity index (χ1v) is 11.8. The van der Waals surface area contributed by atoms with Gasteiger partial charge in [-0.15, -0.1) is 0 Å². The number of carboxylic acid groups (broad SMARTS) is 1. The lowest BCUT2D eigenvalue weighted by Crippen LogP contribution is -2.28. The van der Waals surface area contributed by atoms with Gasteiger partial charge in [-0.05, 0) is 66.2 Å². The number of likely N-dealkylation sites (N-methyl/N-ethyl adjacent to an activating group) is 1. The van der Waals surface area contributed by atoms with E-state index in [-0.39, 0.29) is 23.8 Å². The van der Waals surface area contributed by atoms with E-state index in [0.29, 0.717) is 33.6 Å². The molecule has 1 saturated heterocycles. The largest absolute Gasteiger partial charge is 0.489 e. The Balaban J connectivity index is 1.47. The van der Waals surface area contributed by atoms with Crippen molar-refractivity contribution in [3.05, 3.63) is 105 Å². The van der Waals surface area contributed by atoms with Gasteiger partial charge in [0.2, 0.25) is 0 Å². The van der Waals surface area contributed by atoms with Gasteiger partial charge >= 0.3 is 5.97 Å². The van der Waals surface area contributed by atoms with Crippen LogP contribution in [0.2, 0.25) is 0 Å². The van der Waals surface area contributed by atoms with Gasteiger partial charge in [-0.1, -0.05) is 30.3 Å². The van der Waals surface area contributed by atoms with Crippen LogP contribution < -0.4 is 4.74 Å². The van der Waals surface area contributed by atoms with Crippen molar-refractivity contribution in [3.63, 3.8) is 0 Å². The normalized spacial score (nSPS) is 15.5. The van der Waals surface area contributed by atoms with Crippen LogP contribution in [0.5, 0.6) is 5.75 Å². The highest BCUT2D eigenvalue weighted by Gasteiger charge is 2.32. The highest BCUT2D eigenvalue weighted by molar-refractivity contribution is 8.18. The Bertz CT molecular complexity index is 1380. The number of nitro benzene ring substituents is 1. The number of rotatable bonds is 8. The van der Waals surface area contributed by atoms with E-state index in [1.54, 1.807) is 47.4 Å². The van der Waals surface area contributed by atoms with E-state index < -0.39 is 10.9 Å². The van der Waals surface area contributed by atoms with Crippen LogP contribution in [-0.2, 0) is 11.4 Å². The van der Waals surface area contributed by atoms with Crippen LogP contribution in [0.15, 0.2) is 82.7 Å². The minimum absolute atomic E-state index is 0.00965. The second kappa shape index (κ2) is 10.9. The van der Waals surface area contributed by atoms with Gasteiger partial charge in [-0.25, -0.2) is 9.79 Å². The quantitative estimate of drug-likeness (QED) is 0.245. The van der Waals surface area contributed by atoms with Crippen LogP contribution in [0.4, 0.5) is 11.4 Å². The summed E-state index contributed by atoms with van der Waals surface area (Å²) in [5.41, 5.74) is 2.06. The monoisotopic (exact) mass is 503 g/mol. The molecule has 1 aliphatic heterocycles. The Hall–Kier alpha value is -4.44. The molecule has 3 aromatic rings. The molecule has 1 fully saturated rings. The molecule has 182 valence electrons. The number of carbonyl (C=O) groups excluding carboxylic acids is 1. The molecule has 1 aliphatic rings. The summed E-state index contributed by atoms with van der Waals surface area (Å²) in [4.78, 5) is 41.2. The zero-order valence-electron chi connectivity index (χ0n) is 19.2. The van der Waals surface area contributed by atoms with Crippen LogP contribution in [-0.4, -0.2) is 38.5 Å². The van der Waals surface area contributed by atoms with Crippen molar-refractivity contribution in [1.82, 2.24) is 4.90 Å². The number of carbonyl (C=O) groups is 2. The third kappa shape index (κ3) is 5.78. The number of benzene rings is 3. The number of aromatic carboxylic acids is 1. The number of amides is 1. The van der Waals surface area contributed by atoms with E-state index in [4.69, 9.17) is 4.74 Å². The molecular weight excluding hydrogens is 482 g/mol. The molecule has 1 heterocycles. The first kappa shape index (κ1) is 24.7. The average Bonchev–Trinajstić information content (AvgIpc) is 3.17. The molecule has 0 spiro atoms. The lowest BCUT2D eigenvalue weighted by Gasteiger charge is -2.12. The third-order valence-corrected chi connectivity index (χ3v) is 6.23. The van der Waals surface area contributed by atoms with Crippen molar-refractivity contribution in [2.45, 2.75) is 13.5 Å². The topological polar surface area (TPSA) is 122 Å². The number of nitrogens with zero attached hydrogens (tertiary/aromatic N) is 3. The van der Waals surface area contributed by atoms with Crippen LogP contribution in [0, 0.1) is 10.1 Å². The highest BCUT2D eigenvalue weighted by Crippen LogP contribution is 2.34. The van der Waals surface area contributed by atoms with E-state index in [2.05, 4.69) is 4.99 Å². The van der Waals surface area contributed by atoms with Crippen LogP contribution in [0.1, 0.15) is 28.4 Å². The standard InChI is InChI=1S/C26H21N3O6S/c1-2-28-24(30)23(36-26(28)27-20-7-4-6-19(15-20)25(31)32)14-17-9-11-22(12-10-17)35-16-18-5-3-8-21(13-18)29(33)34/h3-15H,2,16H2,1H3,(H,31,32). The predicted molar refractivity (Wildman–Crippen MR) is 137 cm³/mol. The molecule has 1 amide bonds.